The maximum atomic E-state index is 9.55. The Kier molecular flexibility index (Phi) is 8.00. The maximum Gasteiger partial charge on any atom is 0.328 e. The SMILES string of the molecule is NC1CCN(CC2CCCCC2)C1.O=C(O)C=CC(=O)O. The molecule has 120 valence electrons. The molecule has 0 spiro atoms. The molecule has 0 bridgehead atoms. The van der Waals surface area contributed by atoms with E-state index in [1.54, 1.807) is 0 Å². The van der Waals surface area contributed by atoms with Crippen molar-refractivity contribution in [2.75, 3.05) is 19.6 Å². The van der Waals surface area contributed by atoms with Gasteiger partial charge in [-0.1, -0.05) is 19.3 Å². The minimum atomic E-state index is -1.26. The molecule has 1 saturated carbocycles. The van der Waals surface area contributed by atoms with Crippen LogP contribution in [0.25, 0.3) is 0 Å². The van der Waals surface area contributed by atoms with Crippen molar-refractivity contribution < 1.29 is 19.8 Å². The van der Waals surface area contributed by atoms with Crippen LogP contribution in [0.2, 0.25) is 0 Å². The standard InChI is InChI=1S/C11H22N2.C4H4O4/c12-11-6-7-13(9-11)8-10-4-2-1-3-5-10;5-3(6)1-2-4(7)8/h10-11H,1-9,12H2;1-2H,(H,5,6)(H,7,8). The van der Waals surface area contributed by atoms with Crippen molar-refractivity contribution in [1.29, 1.82) is 0 Å². The van der Waals surface area contributed by atoms with Gasteiger partial charge < -0.3 is 20.8 Å². The number of carboxylic acids is 2. The van der Waals surface area contributed by atoms with Crippen molar-refractivity contribution in [2.45, 2.75) is 44.6 Å². The smallest absolute Gasteiger partial charge is 0.328 e. The van der Waals surface area contributed by atoms with Gasteiger partial charge in [-0.05, 0) is 31.7 Å². The van der Waals surface area contributed by atoms with Crippen LogP contribution in [0.1, 0.15) is 38.5 Å². The second-order valence-electron chi connectivity index (χ2n) is 5.82. The van der Waals surface area contributed by atoms with Gasteiger partial charge in [0.1, 0.15) is 0 Å². The molecule has 0 amide bonds. The molecule has 1 aliphatic heterocycles. The Bertz CT molecular complexity index is 346. The van der Waals surface area contributed by atoms with E-state index in [9.17, 15) is 9.59 Å². The highest BCUT2D eigenvalue weighted by Crippen LogP contribution is 2.25. The number of likely N-dealkylation sites (tertiary alicyclic amines) is 1. The Hall–Kier alpha value is -1.40. The lowest BCUT2D eigenvalue weighted by Crippen LogP contribution is -2.31. The van der Waals surface area contributed by atoms with E-state index in [1.807, 2.05) is 0 Å². The highest BCUT2D eigenvalue weighted by atomic mass is 16.4. The number of hydrogen-bond donors (Lipinski definition) is 3. The molecule has 1 heterocycles. The second-order valence-corrected chi connectivity index (χ2v) is 5.82. The van der Waals surface area contributed by atoms with E-state index in [0.717, 1.165) is 12.5 Å². The molecule has 2 rings (SSSR count). The van der Waals surface area contributed by atoms with E-state index >= 15 is 0 Å². The van der Waals surface area contributed by atoms with Gasteiger partial charge in [-0.25, -0.2) is 9.59 Å². The first-order chi connectivity index (χ1) is 9.97. The molecular weight excluding hydrogens is 272 g/mol. The summed E-state index contributed by atoms with van der Waals surface area (Å²) in [6.07, 6.45) is 9.65. The quantitative estimate of drug-likeness (QED) is 0.676. The Labute approximate surface area is 125 Å². The molecule has 0 aromatic rings. The van der Waals surface area contributed by atoms with Gasteiger partial charge >= 0.3 is 11.9 Å². The number of rotatable bonds is 4. The molecule has 4 N–H and O–H groups in total. The van der Waals surface area contributed by atoms with Crippen LogP contribution < -0.4 is 5.73 Å². The van der Waals surface area contributed by atoms with Gasteiger partial charge in [0.05, 0.1) is 0 Å². The topological polar surface area (TPSA) is 104 Å². The van der Waals surface area contributed by atoms with Crippen LogP contribution >= 0.6 is 0 Å². The average Bonchev–Trinajstić information content (AvgIpc) is 2.84. The zero-order valence-electron chi connectivity index (χ0n) is 12.4. The first kappa shape index (κ1) is 17.7. The molecule has 2 aliphatic rings. The number of nitrogens with two attached hydrogens (primary N) is 1. The molecule has 0 aromatic heterocycles. The third kappa shape index (κ3) is 8.47. The van der Waals surface area contributed by atoms with Gasteiger partial charge in [0.25, 0.3) is 0 Å². The van der Waals surface area contributed by atoms with E-state index in [4.69, 9.17) is 15.9 Å². The average molecular weight is 298 g/mol. The first-order valence-electron chi connectivity index (χ1n) is 7.59. The van der Waals surface area contributed by atoms with Crippen LogP contribution in [0.3, 0.4) is 0 Å². The Morgan fingerprint density at radius 1 is 1.05 bits per heavy atom. The summed E-state index contributed by atoms with van der Waals surface area (Å²) in [5, 5.41) is 15.6. The van der Waals surface area contributed by atoms with Crippen LogP contribution in [0.15, 0.2) is 12.2 Å². The lowest BCUT2D eigenvalue weighted by Gasteiger charge is -2.26. The minimum Gasteiger partial charge on any atom is -0.478 e. The summed E-state index contributed by atoms with van der Waals surface area (Å²) in [6.45, 7) is 3.72. The lowest BCUT2D eigenvalue weighted by molar-refractivity contribution is -0.134. The molecule has 1 saturated heterocycles. The van der Waals surface area contributed by atoms with Crippen LogP contribution in [0.5, 0.6) is 0 Å². The molecule has 6 nitrogen and oxygen atoms in total. The fraction of sp³-hybridized carbons (Fsp3) is 0.733. The molecule has 1 aliphatic carbocycles. The van der Waals surface area contributed by atoms with Gasteiger partial charge in [0, 0.05) is 31.3 Å². The van der Waals surface area contributed by atoms with Gasteiger partial charge in [-0.3, -0.25) is 0 Å². The molecule has 2 fully saturated rings. The number of nitrogens with zero attached hydrogens (tertiary/aromatic N) is 1. The Morgan fingerprint density at radius 3 is 2.05 bits per heavy atom. The van der Waals surface area contributed by atoms with Gasteiger partial charge in [-0.15, -0.1) is 0 Å². The second kappa shape index (κ2) is 9.52. The van der Waals surface area contributed by atoms with Crippen molar-refractivity contribution in [3.8, 4) is 0 Å². The van der Waals surface area contributed by atoms with E-state index in [-0.39, 0.29) is 0 Å². The fourth-order valence-corrected chi connectivity index (χ4v) is 2.91. The highest BCUT2D eigenvalue weighted by molar-refractivity contribution is 5.89. The molecule has 6 heteroatoms. The first-order valence-corrected chi connectivity index (χ1v) is 7.59. The van der Waals surface area contributed by atoms with Crippen LogP contribution in [0.4, 0.5) is 0 Å². The fourth-order valence-electron chi connectivity index (χ4n) is 2.91. The summed E-state index contributed by atoms with van der Waals surface area (Å²) in [6, 6.07) is 0.462. The van der Waals surface area contributed by atoms with Crippen molar-refractivity contribution >= 4 is 11.9 Å². The zero-order valence-corrected chi connectivity index (χ0v) is 12.4. The molecule has 1 unspecified atom stereocenters. The predicted octanol–water partition coefficient (Wildman–Crippen LogP) is 1.31. The summed E-state index contributed by atoms with van der Waals surface area (Å²) in [7, 11) is 0. The number of hydrogen-bond acceptors (Lipinski definition) is 4. The normalized spacial score (nSPS) is 23.8. The van der Waals surface area contributed by atoms with Gasteiger partial charge in [-0.2, -0.15) is 0 Å². The molecule has 1 atom stereocenters. The molecule has 0 radical (unpaired) electrons. The molecular formula is C15H26N2O4. The maximum absolute atomic E-state index is 9.55. The van der Waals surface area contributed by atoms with Crippen molar-refractivity contribution in [2.24, 2.45) is 11.7 Å². The van der Waals surface area contributed by atoms with Crippen molar-refractivity contribution in [1.82, 2.24) is 4.90 Å². The minimum absolute atomic E-state index is 0.462. The lowest BCUT2D eigenvalue weighted by atomic mass is 9.89. The zero-order chi connectivity index (χ0) is 15.7. The van der Waals surface area contributed by atoms with Crippen LogP contribution in [0, 0.1) is 5.92 Å². The Morgan fingerprint density at radius 2 is 1.62 bits per heavy atom. The summed E-state index contributed by atoms with van der Waals surface area (Å²) in [5.41, 5.74) is 5.89. The third-order valence-corrected chi connectivity index (χ3v) is 3.92. The molecule has 0 aromatic carbocycles. The number of aliphatic carboxylic acids is 2. The summed E-state index contributed by atoms with van der Waals surface area (Å²) < 4.78 is 0. The van der Waals surface area contributed by atoms with E-state index in [1.165, 1.54) is 51.6 Å². The van der Waals surface area contributed by atoms with Crippen molar-refractivity contribution in [3.05, 3.63) is 12.2 Å². The number of carbonyl (C=O) groups is 2. The van der Waals surface area contributed by atoms with E-state index in [0.29, 0.717) is 18.2 Å². The third-order valence-electron chi connectivity index (χ3n) is 3.92. The molecule has 21 heavy (non-hydrogen) atoms. The largest absolute Gasteiger partial charge is 0.478 e. The summed E-state index contributed by atoms with van der Waals surface area (Å²) in [4.78, 5) is 21.7. The monoisotopic (exact) mass is 298 g/mol. The summed E-state index contributed by atoms with van der Waals surface area (Å²) in [5.74, 6) is -1.53. The van der Waals surface area contributed by atoms with E-state index < -0.39 is 11.9 Å². The van der Waals surface area contributed by atoms with Gasteiger partial charge in [0.2, 0.25) is 0 Å². The van der Waals surface area contributed by atoms with E-state index in [2.05, 4.69) is 4.90 Å². The summed E-state index contributed by atoms with van der Waals surface area (Å²) >= 11 is 0. The Balaban J connectivity index is 0.000000240. The van der Waals surface area contributed by atoms with Crippen LogP contribution in [-0.2, 0) is 9.59 Å². The number of carboxylic acid groups (broad SMARTS) is 2. The highest BCUT2D eigenvalue weighted by Gasteiger charge is 2.22. The van der Waals surface area contributed by atoms with Crippen LogP contribution in [-0.4, -0.2) is 52.7 Å². The predicted molar refractivity (Wildman–Crippen MR) is 80.0 cm³/mol. The van der Waals surface area contributed by atoms with Crippen molar-refractivity contribution in [3.63, 3.8) is 0 Å². The van der Waals surface area contributed by atoms with Gasteiger partial charge in [0.15, 0.2) is 0 Å².